The highest BCUT2D eigenvalue weighted by atomic mass is 16.5. The van der Waals surface area contributed by atoms with Crippen LogP contribution >= 0.6 is 0 Å². The molecule has 1 aliphatic heterocycles. The Morgan fingerprint density at radius 2 is 1.88 bits per heavy atom. The molecule has 5 rings (SSSR count). The molecule has 1 saturated heterocycles. The van der Waals surface area contributed by atoms with E-state index in [-0.39, 0.29) is 0 Å². The Kier molecular flexibility index (Phi) is 6.98. The number of fused-ring (bicyclic) bond motifs is 1. The van der Waals surface area contributed by atoms with E-state index in [1.165, 1.54) is 38.5 Å². The minimum Gasteiger partial charge on any atom is -0.474 e. The summed E-state index contributed by atoms with van der Waals surface area (Å²) in [6.07, 6.45) is 9.60. The Labute approximate surface area is 195 Å². The quantitative estimate of drug-likeness (QED) is 0.545. The van der Waals surface area contributed by atoms with Crippen LogP contribution in [0, 0.1) is 17.8 Å². The number of rotatable bonds is 7. The van der Waals surface area contributed by atoms with Gasteiger partial charge in [-0.15, -0.1) is 0 Å². The van der Waals surface area contributed by atoms with Crippen molar-refractivity contribution in [1.82, 2.24) is 19.9 Å². The Hall–Kier alpha value is -3.17. The summed E-state index contributed by atoms with van der Waals surface area (Å²) in [6.45, 7) is 4.81. The van der Waals surface area contributed by atoms with Gasteiger partial charge in [-0.25, -0.2) is 15.0 Å². The number of ether oxygens (including phenoxy) is 1. The molecule has 6 heteroatoms. The Balaban J connectivity index is 1.32. The second-order valence-corrected chi connectivity index (χ2v) is 8.98. The molecular formula is C27H31N5O. The van der Waals surface area contributed by atoms with Gasteiger partial charge in [0.1, 0.15) is 12.1 Å². The number of pyridine rings is 1. The molecule has 33 heavy (non-hydrogen) atoms. The molecule has 2 aliphatic rings. The first-order valence-electron chi connectivity index (χ1n) is 12.2. The van der Waals surface area contributed by atoms with E-state index < -0.39 is 0 Å². The lowest BCUT2D eigenvalue weighted by molar-refractivity contribution is 0.209. The van der Waals surface area contributed by atoms with Gasteiger partial charge < -0.3 is 10.1 Å². The zero-order valence-corrected chi connectivity index (χ0v) is 19.1. The second kappa shape index (κ2) is 10.6. The molecule has 1 aliphatic carbocycles. The largest absolute Gasteiger partial charge is 0.474 e. The van der Waals surface area contributed by atoms with Gasteiger partial charge in [0, 0.05) is 30.5 Å². The van der Waals surface area contributed by atoms with Crippen molar-refractivity contribution >= 4 is 16.9 Å². The third kappa shape index (κ3) is 6.21. The standard InChI is InChI=1S/C27H31N5O/c1-2-4-16-32(15-3-1)17-18-33-27-25(30-26-24(31-27)9-6-14-28-26)13-12-21-7-5-8-23(19-21)29-20-22-10-11-22/h5-9,14,19,22,29H,1-4,10-11,15-18,20H2. The molecule has 3 aromatic rings. The van der Waals surface area contributed by atoms with E-state index in [0.717, 1.165) is 48.9 Å². The monoisotopic (exact) mass is 441 g/mol. The maximum Gasteiger partial charge on any atom is 0.249 e. The van der Waals surface area contributed by atoms with E-state index >= 15 is 0 Å². The SMILES string of the molecule is C(#Cc1nc2ncccc2nc1OCCN1CCCCCC1)c1cccc(NCC2CC2)c1. The highest BCUT2D eigenvalue weighted by molar-refractivity contribution is 5.71. The zero-order valence-electron chi connectivity index (χ0n) is 19.1. The minimum atomic E-state index is 0.487. The lowest BCUT2D eigenvalue weighted by atomic mass is 10.2. The lowest BCUT2D eigenvalue weighted by Gasteiger charge is -2.19. The molecule has 1 saturated carbocycles. The predicted molar refractivity (Wildman–Crippen MR) is 131 cm³/mol. The van der Waals surface area contributed by atoms with Gasteiger partial charge in [-0.2, -0.15) is 0 Å². The number of aromatic nitrogens is 3. The summed E-state index contributed by atoms with van der Waals surface area (Å²) in [4.78, 5) is 16.2. The number of hydrogen-bond acceptors (Lipinski definition) is 6. The summed E-state index contributed by atoms with van der Waals surface area (Å²) in [5.41, 5.74) is 3.89. The molecule has 0 unspecified atom stereocenters. The van der Waals surface area contributed by atoms with Crippen LogP contribution in [0.1, 0.15) is 49.8 Å². The van der Waals surface area contributed by atoms with Crippen molar-refractivity contribution in [2.24, 2.45) is 5.92 Å². The summed E-state index contributed by atoms with van der Waals surface area (Å²) in [7, 11) is 0. The second-order valence-electron chi connectivity index (χ2n) is 8.98. The van der Waals surface area contributed by atoms with Crippen molar-refractivity contribution in [3.05, 3.63) is 53.9 Å². The van der Waals surface area contributed by atoms with E-state index in [9.17, 15) is 0 Å². The van der Waals surface area contributed by atoms with Crippen molar-refractivity contribution in [2.45, 2.75) is 38.5 Å². The molecule has 1 N–H and O–H groups in total. The van der Waals surface area contributed by atoms with E-state index in [1.807, 2.05) is 24.3 Å². The van der Waals surface area contributed by atoms with Crippen LogP contribution in [0.5, 0.6) is 5.88 Å². The first-order chi connectivity index (χ1) is 16.3. The summed E-state index contributed by atoms with van der Waals surface area (Å²) in [6, 6.07) is 12.0. The number of benzene rings is 1. The predicted octanol–water partition coefficient (Wildman–Crippen LogP) is 4.50. The van der Waals surface area contributed by atoms with Gasteiger partial charge in [0.15, 0.2) is 11.3 Å². The minimum absolute atomic E-state index is 0.487. The van der Waals surface area contributed by atoms with Gasteiger partial charge in [0.05, 0.1) is 0 Å². The maximum atomic E-state index is 6.11. The molecule has 6 nitrogen and oxygen atoms in total. The number of nitrogens with one attached hydrogen (secondary N) is 1. The molecule has 1 aromatic carbocycles. The van der Waals surface area contributed by atoms with Crippen LogP contribution in [0.4, 0.5) is 5.69 Å². The van der Waals surface area contributed by atoms with Gasteiger partial charge >= 0.3 is 0 Å². The van der Waals surface area contributed by atoms with Crippen molar-refractivity contribution in [1.29, 1.82) is 0 Å². The molecule has 170 valence electrons. The third-order valence-electron chi connectivity index (χ3n) is 6.23. The average molecular weight is 442 g/mol. The topological polar surface area (TPSA) is 63.2 Å². The first-order valence-corrected chi connectivity index (χ1v) is 12.2. The molecule has 0 amide bonds. The van der Waals surface area contributed by atoms with Crippen LogP contribution in [-0.2, 0) is 0 Å². The molecule has 0 atom stereocenters. The third-order valence-corrected chi connectivity index (χ3v) is 6.23. The van der Waals surface area contributed by atoms with Crippen LogP contribution in [0.2, 0.25) is 0 Å². The van der Waals surface area contributed by atoms with Crippen molar-refractivity contribution in [3.8, 4) is 17.7 Å². The number of anilines is 1. The van der Waals surface area contributed by atoms with Crippen LogP contribution < -0.4 is 10.1 Å². The maximum absolute atomic E-state index is 6.11. The lowest BCUT2D eigenvalue weighted by Crippen LogP contribution is -2.29. The van der Waals surface area contributed by atoms with Crippen molar-refractivity contribution in [2.75, 3.05) is 38.1 Å². The van der Waals surface area contributed by atoms with E-state index in [2.05, 4.69) is 49.1 Å². The normalized spacial score (nSPS) is 16.6. The van der Waals surface area contributed by atoms with Crippen LogP contribution in [0.3, 0.4) is 0 Å². The van der Waals surface area contributed by atoms with E-state index in [0.29, 0.717) is 23.8 Å². The number of likely N-dealkylation sites (tertiary alicyclic amines) is 1. The van der Waals surface area contributed by atoms with Crippen LogP contribution in [0.25, 0.3) is 11.2 Å². The van der Waals surface area contributed by atoms with Gasteiger partial charge in [0.25, 0.3) is 0 Å². The molecule has 0 radical (unpaired) electrons. The highest BCUT2D eigenvalue weighted by Crippen LogP contribution is 2.29. The molecule has 2 fully saturated rings. The Morgan fingerprint density at radius 3 is 2.73 bits per heavy atom. The van der Waals surface area contributed by atoms with Crippen molar-refractivity contribution < 1.29 is 4.74 Å². The summed E-state index contributed by atoms with van der Waals surface area (Å²) >= 11 is 0. The Morgan fingerprint density at radius 1 is 1.00 bits per heavy atom. The fourth-order valence-corrected chi connectivity index (χ4v) is 4.11. The number of hydrogen-bond donors (Lipinski definition) is 1. The highest BCUT2D eigenvalue weighted by Gasteiger charge is 2.20. The molecule has 0 spiro atoms. The molecular weight excluding hydrogens is 410 g/mol. The zero-order chi connectivity index (χ0) is 22.3. The molecule has 2 aromatic heterocycles. The summed E-state index contributed by atoms with van der Waals surface area (Å²) in [5.74, 6) is 7.76. The summed E-state index contributed by atoms with van der Waals surface area (Å²) in [5, 5.41) is 3.51. The summed E-state index contributed by atoms with van der Waals surface area (Å²) < 4.78 is 6.11. The smallest absolute Gasteiger partial charge is 0.249 e. The van der Waals surface area contributed by atoms with Gasteiger partial charge in [-0.3, -0.25) is 4.90 Å². The van der Waals surface area contributed by atoms with Crippen LogP contribution in [0.15, 0.2) is 42.6 Å². The van der Waals surface area contributed by atoms with E-state index in [1.54, 1.807) is 6.20 Å². The fraction of sp³-hybridized carbons (Fsp3) is 0.444. The average Bonchev–Trinajstić information content (AvgIpc) is 3.69. The van der Waals surface area contributed by atoms with Gasteiger partial charge in [-0.1, -0.05) is 24.8 Å². The molecule has 3 heterocycles. The van der Waals surface area contributed by atoms with Crippen molar-refractivity contribution in [3.63, 3.8) is 0 Å². The first kappa shape index (κ1) is 21.7. The Bertz CT molecular complexity index is 1140. The molecule has 0 bridgehead atoms. The van der Waals surface area contributed by atoms with E-state index in [4.69, 9.17) is 4.74 Å². The van der Waals surface area contributed by atoms with Gasteiger partial charge in [0.2, 0.25) is 5.88 Å². The fourth-order valence-electron chi connectivity index (χ4n) is 4.11. The van der Waals surface area contributed by atoms with Crippen LogP contribution in [-0.4, -0.2) is 52.6 Å². The number of nitrogens with zero attached hydrogens (tertiary/aromatic N) is 4. The van der Waals surface area contributed by atoms with Gasteiger partial charge in [-0.05, 0) is 80.9 Å².